The standard InChI is InChI=1S/C15H20N2O5S/c1-15(2)14(18)17-12-6-5-11(8-13(12)22-15)23(19,20)16-9-10-4-3-7-21-10/h5-6,8,10,16H,3-4,7,9H2,1-2H3,(H,17,18). The second kappa shape index (κ2) is 5.77. The molecule has 1 amide bonds. The first-order chi connectivity index (χ1) is 10.8. The van der Waals surface area contributed by atoms with Crippen LogP contribution in [0, 0.1) is 0 Å². The lowest BCUT2D eigenvalue weighted by molar-refractivity contribution is -0.129. The monoisotopic (exact) mass is 340 g/mol. The van der Waals surface area contributed by atoms with Crippen molar-refractivity contribution in [3.8, 4) is 5.75 Å². The summed E-state index contributed by atoms with van der Waals surface area (Å²) >= 11 is 0. The molecule has 2 aliphatic rings. The van der Waals surface area contributed by atoms with Crippen molar-refractivity contribution in [3.05, 3.63) is 18.2 Å². The number of hydrogen-bond acceptors (Lipinski definition) is 5. The number of rotatable bonds is 4. The van der Waals surface area contributed by atoms with Gasteiger partial charge in [0.2, 0.25) is 10.0 Å². The highest BCUT2D eigenvalue weighted by atomic mass is 32.2. The Balaban J connectivity index is 1.79. The van der Waals surface area contributed by atoms with Crippen LogP contribution in [0.3, 0.4) is 0 Å². The van der Waals surface area contributed by atoms with Crippen molar-refractivity contribution in [3.63, 3.8) is 0 Å². The number of benzene rings is 1. The average molecular weight is 340 g/mol. The van der Waals surface area contributed by atoms with Gasteiger partial charge in [0.15, 0.2) is 5.60 Å². The fourth-order valence-electron chi connectivity index (χ4n) is 2.54. The maximum atomic E-state index is 12.4. The van der Waals surface area contributed by atoms with E-state index in [-0.39, 0.29) is 23.5 Å². The lowest BCUT2D eigenvalue weighted by Gasteiger charge is -2.31. The smallest absolute Gasteiger partial charge is 0.268 e. The number of nitrogens with one attached hydrogen (secondary N) is 2. The number of anilines is 1. The lowest BCUT2D eigenvalue weighted by atomic mass is 10.1. The third-order valence-corrected chi connectivity index (χ3v) is 5.37. The largest absolute Gasteiger partial charge is 0.476 e. The number of sulfonamides is 1. The van der Waals surface area contributed by atoms with E-state index in [0.29, 0.717) is 18.0 Å². The van der Waals surface area contributed by atoms with Crippen molar-refractivity contribution < 1.29 is 22.7 Å². The molecule has 8 heteroatoms. The van der Waals surface area contributed by atoms with Gasteiger partial charge < -0.3 is 14.8 Å². The van der Waals surface area contributed by atoms with Crippen LogP contribution in [-0.2, 0) is 19.6 Å². The zero-order valence-corrected chi connectivity index (χ0v) is 13.9. The number of fused-ring (bicyclic) bond motifs is 1. The second-order valence-corrected chi connectivity index (χ2v) is 7.98. The van der Waals surface area contributed by atoms with Crippen LogP contribution in [0.2, 0.25) is 0 Å². The molecule has 0 radical (unpaired) electrons. The summed E-state index contributed by atoms with van der Waals surface area (Å²) in [5.74, 6) is 0.0757. The first kappa shape index (κ1) is 16.2. The molecule has 1 unspecified atom stereocenters. The summed E-state index contributed by atoms with van der Waals surface area (Å²) in [5.41, 5.74) is -0.576. The van der Waals surface area contributed by atoms with Crippen molar-refractivity contribution in [2.24, 2.45) is 0 Å². The third-order valence-electron chi connectivity index (χ3n) is 3.95. The molecule has 0 bridgehead atoms. The van der Waals surface area contributed by atoms with Gasteiger partial charge in [-0.3, -0.25) is 4.79 Å². The Labute approximate surface area is 135 Å². The normalized spacial score (nSPS) is 23.0. The van der Waals surface area contributed by atoms with Gasteiger partial charge in [-0.15, -0.1) is 0 Å². The van der Waals surface area contributed by atoms with Crippen molar-refractivity contribution in [1.82, 2.24) is 4.72 Å². The van der Waals surface area contributed by atoms with E-state index in [2.05, 4.69) is 10.0 Å². The Kier molecular flexibility index (Phi) is 4.07. The van der Waals surface area contributed by atoms with E-state index in [1.54, 1.807) is 13.8 Å². The van der Waals surface area contributed by atoms with Crippen molar-refractivity contribution in [2.75, 3.05) is 18.5 Å². The highest BCUT2D eigenvalue weighted by Crippen LogP contribution is 2.35. The van der Waals surface area contributed by atoms with Gasteiger partial charge >= 0.3 is 0 Å². The molecule has 1 fully saturated rings. The van der Waals surface area contributed by atoms with E-state index >= 15 is 0 Å². The first-order valence-corrected chi connectivity index (χ1v) is 9.02. The fraction of sp³-hybridized carbons (Fsp3) is 0.533. The van der Waals surface area contributed by atoms with Crippen LogP contribution in [0.15, 0.2) is 23.1 Å². The topological polar surface area (TPSA) is 93.7 Å². The molecule has 2 aliphatic heterocycles. The SMILES string of the molecule is CC1(C)Oc2cc(S(=O)(=O)NCC3CCCO3)ccc2NC1=O. The predicted octanol–water partition coefficient (Wildman–Crippen LogP) is 1.25. The molecule has 1 aromatic rings. The Bertz CT molecular complexity index is 723. The van der Waals surface area contributed by atoms with Gasteiger partial charge in [-0.25, -0.2) is 13.1 Å². The number of amides is 1. The fourth-order valence-corrected chi connectivity index (χ4v) is 3.62. The predicted molar refractivity (Wildman–Crippen MR) is 83.9 cm³/mol. The minimum absolute atomic E-state index is 0.0723. The summed E-state index contributed by atoms with van der Waals surface area (Å²) in [6, 6.07) is 4.40. The molecule has 0 saturated carbocycles. The Morgan fingerprint density at radius 2 is 2.17 bits per heavy atom. The van der Waals surface area contributed by atoms with Crippen molar-refractivity contribution in [2.45, 2.75) is 43.3 Å². The molecular weight excluding hydrogens is 320 g/mol. The molecule has 23 heavy (non-hydrogen) atoms. The minimum atomic E-state index is -3.65. The molecule has 2 heterocycles. The van der Waals surface area contributed by atoms with Gasteiger partial charge in [0, 0.05) is 19.2 Å². The third kappa shape index (κ3) is 3.34. The van der Waals surface area contributed by atoms with Crippen LogP contribution < -0.4 is 14.8 Å². The van der Waals surface area contributed by atoms with Gasteiger partial charge in [-0.1, -0.05) is 0 Å². The van der Waals surface area contributed by atoms with E-state index in [9.17, 15) is 13.2 Å². The molecule has 1 aromatic carbocycles. The van der Waals surface area contributed by atoms with Gasteiger partial charge in [0.1, 0.15) is 5.75 Å². The zero-order chi connectivity index (χ0) is 16.7. The molecule has 0 aromatic heterocycles. The molecule has 1 atom stereocenters. The molecule has 0 spiro atoms. The average Bonchev–Trinajstić information content (AvgIpc) is 2.99. The van der Waals surface area contributed by atoms with Gasteiger partial charge in [0.25, 0.3) is 5.91 Å². The summed E-state index contributed by atoms with van der Waals surface area (Å²) in [7, 11) is -3.65. The van der Waals surface area contributed by atoms with E-state index in [0.717, 1.165) is 12.8 Å². The maximum Gasteiger partial charge on any atom is 0.268 e. The Morgan fingerprint density at radius 1 is 1.39 bits per heavy atom. The molecule has 3 rings (SSSR count). The minimum Gasteiger partial charge on any atom is -0.476 e. The molecule has 7 nitrogen and oxygen atoms in total. The molecule has 126 valence electrons. The molecule has 2 N–H and O–H groups in total. The van der Waals surface area contributed by atoms with E-state index in [4.69, 9.17) is 9.47 Å². The number of ether oxygens (including phenoxy) is 2. The highest BCUT2D eigenvalue weighted by molar-refractivity contribution is 7.89. The van der Waals surface area contributed by atoms with Crippen LogP contribution in [0.25, 0.3) is 0 Å². The summed E-state index contributed by atoms with van der Waals surface area (Å²) in [5, 5.41) is 2.71. The number of hydrogen-bond donors (Lipinski definition) is 2. The first-order valence-electron chi connectivity index (χ1n) is 7.54. The van der Waals surface area contributed by atoms with Gasteiger partial charge in [-0.2, -0.15) is 0 Å². The second-order valence-electron chi connectivity index (χ2n) is 6.21. The molecular formula is C15H20N2O5S. The van der Waals surface area contributed by atoms with Crippen molar-refractivity contribution >= 4 is 21.6 Å². The van der Waals surface area contributed by atoms with Crippen LogP contribution in [0.5, 0.6) is 5.75 Å². The van der Waals surface area contributed by atoms with Crippen LogP contribution in [0.1, 0.15) is 26.7 Å². The quantitative estimate of drug-likeness (QED) is 0.860. The van der Waals surface area contributed by atoms with E-state index in [1.165, 1.54) is 18.2 Å². The van der Waals surface area contributed by atoms with Crippen molar-refractivity contribution in [1.29, 1.82) is 0 Å². The van der Waals surface area contributed by atoms with E-state index < -0.39 is 15.6 Å². The van der Waals surface area contributed by atoms with Crippen LogP contribution >= 0.6 is 0 Å². The lowest BCUT2D eigenvalue weighted by Crippen LogP contribution is -2.45. The van der Waals surface area contributed by atoms with Gasteiger partial charge in [-0.05, 0) is 38.8 Å². The van der Waals surface area contributed by atoms with Gasteiger partial charge in [0.05, 0.1) is 16.7 Å². The molecule has 0 aliphatic carbocycles. The highest BCUT2D eigenvalue weighted by Gasteiger charge is 2.36. The summed E-state index contributed by atoms with van der Waals surface area (Å²) in [6.45, 7) is 4.18. The summed E-state index contributed by atoms with van der Waals surface area (Å²) in [6.07, 6.45) is 1.74. The Hall–Kier alpha value is -1.64. The van der Waals surface area contributed by atoms with Crippen LogP contribution in [0.4, 0.5) is 5.69 Å². The maximum absolute atomic E-state index is 12.4. The summed E-state index contributed by atoms with van der Waals surface area (Å²) in [4.78, 5) is 11.9. The number of carbonyl (C=O) groups is 1. The summed E-state index contributed by atoms with van der Waals surface area (Å²) < 4.78 is 38.4. The van der Waals surface area contributed by atoms with Crippen LogP contribution in [-0.4, -0.2) is 39.2 Å². The number of carbonyl (C=O) groups excluding carboxylic acids is 1. The zero-order valence-electron chi connectivity index (χ0n) is 13.1. The van der Waals surface area contributed by atoms with E-state index in [1.807, 2.05) is 0 Å². The molecule has 1 saturated heterocycles. The Morgan fingerprint density at radius 3 is 2.87 bits per heavy atom.